The van der Waals surface area contributed by atoms with Crippen LogP contribution in [-0.2, 0) is 4.79 Å². The van der Waals surface area contributed by atoms with Gasteiger partial charge in [-0.3, -0.25) is 4.79 Å². The number of hydrogen-bond donors (Lipinski definition) is 2. The molecule has 0 aromatic heterocycles. The van der Waals surface area contributed by atoms with Gasteiger partial charge in [-0.2, -0.15) is 0 Å². The average molecular weight is 293 g/mol. The van der Waals surface area contributed by atoms with Crippen molar-refractivity contribution in [3.05, 3.63) is 24.0 Å². The maximum Gasteiger partial charge on any atom is 0.224 e. The molecule has 0 atom stereocenters. The summed E-state index contributed by atoms with van der Waals surface area (Å²) in [5.74, 6) is 0.198. The summed E-state index contributed by atoms with van der Waals surface area (Å²) < 4.78 is 13.5. The van der Waals surface area contributed by atoms with Crippen molar-refractivity contribution in [2.24, 2.45) is 5.92 Å². The number of benzene rings is 1. The van der Waals surface area contributed by atoms with Gasteiger partial charge in [-0.25, -0.2) is 4.39 Å². The van der Waals surface area contributed by atoms with Gasteiger partial charge in [-0.15, -0.1) is 0 Å². The van der Waals surface area contributed by atoms with E-state index in [2.05, 4.69) is 17.1 Å². The largest absolute Gasteiger partial charge is 0.399 e. The first kappa shape index (κ1) is 15.8. The molecule has 3 N–H and O–H groups in total. The number of carbonyl (C=O) groups excluding carboxylic acids is 1. The molecular weight excluding hydrogens is 269 g/mol. The Morgan fingerprint density at radius 1 is 1.43 bits per heavy atom. The van der Waals surface area contributed by atoms with Gasteiger partial charge in [0.25, 0.3) is 0 Å². The fraction of sp³-hybridized carbons (Fsp3) is 0.562. The van der Waals surface area contributed by atoms with Crippen LogP contribution in [-0.4, -0.2) is 30.4 Å². The van der Waals surface area contributed by atoms with Gasteiger partial charge in [0.15, 0.2) is 0 Å². The van der Waals surface area contributed by atoms with Crippen molar-refractivity contribution >= 4 is 17.3 Å². The van der Waals surface area contributed by atoms with Crippen LogP contribution in [0.25, 0.3) is 0 Å². The molecule has 5 heteroatoms. The average Bonchev–Trinajstić information content (AvgIpc) is 2.45. The summed E-state index contributed by atoms with van der Waals surface area (Å²) in [4.78, 5) is 14.2. The fourth-order valence-electron chi connectivity index (χ4n) is 2.60. The molecular formula is C16H24FN3O. The highest BCUT2D eigenvalue weighted by molar-refractivity contribution is 5.91. The van der Waals surface area contributed by atoms with Gasteiger partial charge in [0.1, 0.15) is 5.82 Å². The maximum absolute atomic E-state index is 13.5. The molecule has 0 unspecified atom stereocenters. The van der Waals surface area contributed by atoms with Crippen molar-refractivity contribution in [3.8, 4) is 0 Å². The molecule has 1 aromatic carbocycles. The Balaban J connectivity index is 1.71. The van der Waals surface area contributed by atoms with Gasteiger partial charge in [0.05, 0.1) is 5.69 Å². The van der Waals surface area contributed by atoms with Crippen molar-refractivity contribution < 1.29 is 9.18 Å². The number of hydrogen-bond acceptors (Lipinski definition) is 3. The van der Waals surface area contributed by atoms with E-state index in [0.29, 0.717) is 12.1 Å². The second kappa shape index (κ2) is 7.41. The lowest BCUT2D eigenvalue weighted by Crippen LogP contribution is -2.34. The van der Waals surface area contributed by atoms with E-state index in [1.165, 1.54) is 31.0 Å². The third kappa shape index (κ3) is 5.01. The molecule has 0 saturated carbocycles. The van der Waals surface area contributed by atoms with E-state index >= 15 is 0 Å². The van der Waals surface area contributed by atoms with E-state index < -0.39 is 5.82 Å². The van der Waals surface area contributed by atoms with Crippen molar-refractivity contribution in [1.82, 2.24) is 4.90 Å². The first-order valence-electron chi connectivity index (χ1n) is 7.62. The molecule has 1 heterocycles. The minimum Gasteiger partial charge on any atom is -0.399 e. The topological polar surface area (TPSA) is 58.4 Å². The van der Waals surface area contributed by atoms with Gasteiger partial charge in [0.2, 0.25) is 5.91 Å². The van der Waals surface area contributed by atoms with Crippen LogP contribution in [0.3, 0.4) is 0 Å². The number of halogens is 1. The molecule has 1 amide bonds. The Morgan fingerprint density at radius 2 is 2.14 bits per heavy atom. The predicted octanol–water partition coefficient (Wildman–Crippen LogP) is 2.86. The van der Waals surface area contributed by atoms with Gasteiger partial charge in [-0.05, 0) is 63.0 Å². The minimum absolute atomic E-state index is 0.159. The summed E-state index contributed by atoms with van der Waals surface area (Å²) in [6.07, 6.45) is 3.67. The molecule has 1 aliphatic heterocycles. The van der Waals surface area contributed by atoms with Crippen LogP contribution in [0.5, 0.6) is 0 Å². The highest BCUT2D eigenvalue weighted by atomic mass is 19.1. The number of nitrogen functional groups attached to an aromatic ring is 1. The molecule has 2 rings (SSSR count). The van der Waals surface area contributed by atoms with Crippen LogP contribution in [0.15, 0.2) is 18.2 Å². The van der Waals surface area contributed by atoms with E-state index in [1.807, 2.05) is 0 Å². The number of carbonyl (C=O) groups is 1. The highest BCUT2D eigenvalue weighted by Gasteiger charge is 2.15. The van der Waals surface area contributed by atoms with E-state index in [1.54, 1.807) is 0 Å². The third-order valence-electron chi connectivity index (χ3n) is 4.02. The Bertz CT molecular complexity index is 484. The number of likely N-dealkylation sites (tertiary alicyclic amines) is 1. The Labute approximate surface area is 125 Å². The second-order valence-electron chi connectivity index (χ2n) is 5.92. The van der Waals surface area contributed by atoms with Crippen molar-refractivity contribution in [1.29, 1.82) is 0 Å². The first-order chi connectivity index (χ1) is 10.0. The zero-order valence-corrected chi connectivity index (χ0v) is 12.6. The van der Waals surface area contributed by atoms with Crippen LogP contribution in [0, 0.1) is 11.7 Å². The Morgan fingerprint density at radius 3 is 2.86 bits per heavy atom. The molecule has 4 nitrogen and oxygen atoms in total. The summed E-state index contributed by atoms with van der Waals surface area (Å²) in [6, 6.07) is 4.18. The molecule has 1 aliphatic rings. The van der Waals surface area contributed by atoms with E-state index in [4.69, 9.17) is 5.73 Å². The van der Waals surface area contributed by atoms with E-state index in [0.717, 1.165) is 32.0 Å². The summed E-state index contributed by atoms with van der Waals surface area (Å²) in [5, 5.41) is 2.58. The summed E-state index contributed by atoms with van der Waals surface area (Å²) in [7, 11) is 0. The van der Waals surface area contributed by atoms with Crippen molar-refractivity contribution in [2.75, 3.05) is 30.7 Å². The predicted molar refractivity (Wildman–Crippen MR) is 83.5 cm³/mol. The molecule has 1 aromatic rings. The standard InChI is InChI=1S/C16H24FN3O/c1-12-6-9-20(10-7-12)8-2-3-16(21)19-15-11-13(18)4-5-14(15)17/h4-5,11-12H,2-3,6-10,18H2,1H3,(H,19,21). The van der Waals surface area contributed by atoms with Crippen LogP contribution in [0.1, 0.15) is 32.6 Å². The summed E-state index contributed by atoms with van der Waals surface area (Å²) >= 11 is 0. The van der Waals surface area contributed by atoms with Crippen molar-refractivity contribution in [3.63, 3.8) is 0 Å². The maximum atomic E-state index is 13.5. The molecule has 0 aliphatic carbocycles. The lowest BCUT2D eigenvalue weighted by molar-refractivity contribution is -0.116. The number of rotatable bonds is 5. The number of nitrogens with one attached hydrogen (secondary N) is 1. The monoisotopic (exact) mass is 293 g/mol. The molecule has 21 heavy (non-hydrogen) atoms. The number of amides is 1. The van der Waals surface area contributed by atoms with Crippen LogP contribution in [0.2, 0.25) is 0 Å². The number of piperidine rings is 1. The Hall–Kier alpha value is -1.62. The summed E-state index contributed by atoms with van der Waals surface area (Å²) in [6.45, 7) is 5.45. The SMILES string of the molecule is CC1CCN(CCCC(=O)Nc2cc(N)ccc2F)CC1. The van der Waals surface area contributed by atoms with Crippen LogP contribution in [0.4, 0.5) is 15.8 Å². The quantitative estimate of drug-likeness (QED) is 0.821. The molecule has 0 bridgehead atoms. The van der Waals surface area contributed by atoms with Gasteiger partial charge >= 0.3 is 0 Å². The fourth-order valence-corrected chi connectivity index (χ4v) is 2.60. The Kier molecular flexibility index (Phi) is 5.56. The number of nitrogens with zero attached hydrogens (tertiary/aromatic N) is 1. The molecule has 1 saturated heterocycles. The molecule has 1 fully saturated rings. The van der Waals surface area contributed by atoms with Gasteiger partial charge < -0.3 is 16.0 Å². The second-order valence-corrected chi connectivity index (χ2v) is 5.92. The van der Waals surface area contributed by atoms with E-state index in [9.17, 15) is 9.18 Å². The number of nitrogens with two attached hydrogens (primary N) is 1. The van der Waals surface area contributed by atoms with E-state index in [-0.39, 0.29) is 11.6 Å². The van der Waals surface area contributed by atoms with Gasteiger partial charge in [-0.1, -0.05) is 6.92 Å². The molecule has 0 radical (unpaired) electrons. The third-order valence-corrected chi connectivity index (χ3v) is 4.02. The minimum atomic E-state index is -0.456. The first-order valence-corrected chi connectivity index (χ1v) is 7.62. The van der Waals surface area contributed by atoms with Crippen LogP contribution < -0.4 is 11.1 Å². The smallest absolute Gasteiger partial charge is 0.224 e. The zero-order chi connectivity index (χ0) is 15.2. The zero-order valence-electron chi connectivity index (χ0n) is 12.6. The van der Waals surface area contributed by atoms with Crippen molar-refractivity contribution in [2.45, 2.75) is 32.6 Å². The molecule has 0 spiro atoms. The lowest BCUT2D eigenvalue weighted by atomic mass is 9.99. The molecule has 116 valence electrons. The number of anilines is 2. The summed E-state index contributed by atoms with van der Waals surface area (Å²) in [5.41, 5.74) is 6.19. The normalized spacial score (nSPS) is 16.9. The highest BCUT2D eigenvalue weighted by Crippen LogP contribution is 2.18. The lowest BCUT2D eigenvalue weighted by Gasteiger charge is -2.29. The van der Waals surface area contributed by atoms with Gasteiger partial charge in [0, 0.05) is 12.1 Å². The van der Waals surface area contributed by atoms with Crippen LogP contribution >= 0.6 is 0 Å².